The fourth-order valence-electron chi connectivity index (χ4n) is 0.688. The van der Waals surface area contributed by atoms with E-state index in [2.05, 4.69) is 4.98 Å². The molecule has 0 radical (unpaired) electrons. The van der Waals surface area contributed by atoms with Gasteiger partial charge < -0.3 is 5.73 Å². The largest absolute Gasteiger partial charge is 0.327 e. The molecule has 0 unspecified atom stereocenters. The van der Waals surface area contributed by atoms with Crippen LogP contribution in [0.3, 0.4) is 0 Å². The number of rotatable bonds is 3. The fourth-order valence-corrected chi connectivity index (χ4v) is 1.74. The fraction of sp³-hybridized carbons (Fsp3) is 0.375. The maximum Gasteiger partial charge on any atom is 0.115 e. The van der Waals surface area contributed by atoms with Crippen molar-refractivity contribution in [2.75, 3.05) is 5.75 Å². The summed E-state index contributed by atoms with van der Waals surface area (Å²) in [5.41, 5.74) is 5.60. The van der Waals surface area contributed by atoms with Gasteiger partial charge in [-0.1, -0.05) is 11.6 Å². The minimum Gasteiger partial charge on any atom is -0.327 e. The Morgan fingerprint density at radius 2 is 2.50 bits per heavy atom. The predicted octanol–water partition coefficient (Wildman–Crippen LogP) is 2.17. The molecule has 0 amide bonds. The summed E-state index contributed by atoms with van der Waals surface area (Å²) in [6, 6.07) is 3.82. The van der Waals surface area contributed by atoms with Crippen molar-refractivity contribution in [3.63, 3.8) is 0 Å². The van der Waals surface area contributed by atoms with Crippen molar-refractivity contribution in [1.29, 1.82) is 0 Å². The minimum atomic E-state index is 0.174. The SMILES string of the molecule is C[C@H](N)CSc1ncccc1Cl. The zero-order chi connectivity index (χ0) is 8.97. The van der Waals surface area contributed by atoms with Gasteiger partial charge >= 0.3 is 0 Å². The second-order valence-corrected chi connectivity index (χ2v) is 3.99. The molecular formula is C8H11ClN2S. The number of thioether (sulfide) groups is 1. The molecule has 1 rings (SSSR count). The number of aromatic nitrogens is 1. The number of nitrogens with two attached hydrogens (primary N) is 1. The molecule has 1 aromatic rings. The van der Waals surface area contributed by atoms with Crippen LogP contribution in [-0.2, 0) is 0 Å². The molecule has 1 atom stereocenters. The highest BCUT2D eigenvalue weighted by molar-refractivity contribution is 7.99. The van der Waals surface area contributed by atoms with Gasteiger partial charge in [0.1, 0.15) is 5.03 Å². The second-order valence-electron chi connectivity index (χ2n) is 2.58. The monoisotopic (exact) mass is 202 g/mol. The van der Waals surface area contributed by atoms with Gasteiger partial charge in [0, 0.05) is 18.0 Å². The van der Waals surface area contributed by atoms with Crippen molar-refractivity contribution in [2.24, 2.45) is 5.73 Å². The highest BCUT2D eigenvalue weighted by Gasteiger charge is 2.02. The lowest BCUT2D eigenvalue weighted by atomic mass is 10.4. The third-order valence-corrected chi connectivity index (χ3v) is 2.92. The van der Waals surface area contributed by atoms with Crippen LogP contribution < -0.4 is 5.73 Å². The summed E-state index contributed by atoms with van der Waals surface area (Å²) in [6.45, 7) is 1.96. The first-order chi connectivity index (χ1) is 5.70. The van der Waals surface area contributed by atoms with Gasteiger partial charge in [-0.05, 0) is 19.1 Å². The summed E-state index contributed by atoms with van der Waals surface area (Å²) in [7, 11) is 0. The van der Waals surface area contributed by atoms with E-state index in [0.717, 1.165) is 10.8 Å². The zero-order valence-corrected chi connectivity index (χ0v) is 8.40. The summed E-state index contributed by atoms with van der Waals surface area (Å²) < 4.78 is 0. The molecule has 0 aliphatic rings. The molecule has 0 aliphatic heterocycles. The highest BCUT2D eigenvalue weighted by Crippen LogP contribution is 2.23. The van der Waals surface area contributed by atoms with Crippen LogP contribution in [-0.4, -0.2) is 16.8 Å². The van der Waals surface area contributed by atoms with Crippen molar-refractivity contribution in [3.05, 3.63) is 23.4 Å². The quantitative estimate of drug-likeness (QED) is 0.764. The summed E-state index contributed by atoms with van der Waals surface area (Å²) in [5, 5.41) is 1.56. The van der Waals surface area contributed by atoms with Crippen LogP contribution in [0.15, 0.2) is 23.4 Å². The number of nitrogens with zero attached hydrogens (tertiary/aromatic N) is 1. The Bertz CT molecular complexity index is 253. The van der Waals surface area contributed by atoms with E-state index in [9.17, 15) is 0 Å². The molecule has 0 fully saturated rings. The maximum absolute atomic E-state index is 5.88. The van der Waals surface area contributed by atoms with Crippen molar-refractivity contribution in [3.8, 4) is 0 Å². The van der Waals surface area contributed by atoms with Crippen LogP contribution in [0, 0.1) is 0 Å². The van der Waals surface area contributed by atoms with Crippen LogP contribution >= 0.6 is 23.4 Å². The average Bonchev–Trinajstić information content (AvgIpc) is 2.03. The molecule has 2 N–H and O–H groups in total. The van der Waals surface area contributed by atoms with Gasteiger partial charge in [-0.3, -0.25) is 0 Å². The molecule has 0 saturated carbocycles. The Hall–Kier alpha value is -0.250. The van der Waals surface area contributed by atoms with E-state index in [1.165, 1.54) is 0 Å². The Labute approximate surface area is 81.5 Å². The first-order valence-corrected chi connectivity index (χ1v) is 5.05. The lowest BCUT2D eigenvalue weighted by molar-refractivity contribution is 0.846. The molecule has 0 aromatic carbocycles. The number of hydrogen-bond acceptors (Lipinski definition) is 3. The van der Waals surface area contributed by atoms with Gasteiger partial charge in [0.2, 0.25) is 0 Å². The highest BCUT2D eigenvalue weighted by atomic mass is 35.5. The van der Waals surface area contributed by atoms with Gasteiger partial charge in [0.05, 0.1) is 5.02 Å². The first kappa shape index (κ1) is 9.84. The molecule has 0 bridgehead atoms. The van der Waals surface area contributed by atoms with E-state index in [4.69, 9.17) is 17.3 Å². The van der Waals surface area contributed by atoms with Gasteiger partial charge in [0.25, 0.3) is 0 Å². The second kappa shape index (κ2) is 4.70. The summed E-state index contributed by atoms with van der Waals surface area (Å²) >= 11 is 7.47. The standard InChI is InChI=1S/C8H11ClN2S/c1-6(10)5-12-8-7(9)3-2-4-11-8/h2-4,6H,5,10H2,1H3/t6-/m0/s1. The third kappa shape index (κ3) is 3.01. The summed E-state index contributed by atoms with van der Waals surface area (Å²) in [4.78, 5) is 4.13. The van der Waals surface area contributed by atoms with E-state index >= 15 is 0 Å². The first-order valence-electron chi connectivity index (χ1n) is 3.69. The molecule has 1 aromatic heterocycles. The normalized spacial score (nSPS) is 12.9. The molecule has 0 spiro atoms. The third-order valence-electron chi connectivity index (χ3n) is 1.21. The number of halogens is 1. The summed E-state index contributed by atoms with van der Waals surface area (Å²) in [6.07, 6.45) is 1.73. The van der Waals surface area contributed by atoms with E-state index < -0.39 is 0 Å². The van der Waals surface area contributed by atoms with E-state index in [0.29, 0.717) is 5.02 Å². The molecule has 66 valence electrons. The molecule has 2 nitrogen and oxygen atoms in total. The topological polar surface area (TPSA) is 38.9 Å². The Balaban J connectivity index is 2.57. The lowest BCUT2D eigenvalue weighted by Gasteiger charge is -2.04. The van der Waals surface area contributed by atoms with Crippen LogP contribution in [0.2, 0.25) is 5.02 Å². The zero-order valence-electron chi connectivity index (χ0n) is 6.83. The molecular weight excluding hydrogens is 192 g/mol. The van der Waals surface area contributed by atoms with Crippen LogP contribution in [0.5, 0.6) is 0 Å². The van der Waals surface area contributed by atoms with Crippen LogP contribution in [0.4, 0.5) is 0 Å². The van der Waals surface area contributed by atoms with Gasteiger partial charge in [-0.25, -0.2) is 4.98 Å². The van der Waals surface area contributed by atoms with Crippen LogP contribution in [0.1, 0.15) is 6.92 Å². The smallest absolute Gasteiger partial charge is 0.115 e. The summed E-state index contributed by atoms with van der Waals surface area (Å²) in [5.74, 6) is 0.844. The van der Waals surface area contributed by atoms with Gasteiger partial charge in [-0.15, -0.1) is 11.8 Å². The molecule has 0 aliphatic carbocycles. The van der Waals surface area contributed by atoms with Crippen molar-refractivity contribution >= 4 is 23.4 Å². The van der Waals surface area contributed by atoms with Crippen molar-refractivity contribution in [1.82, 2.24) is 4.98 Å². The van der Waals surface area contributed by atoms with Crippen molar-refractivity contribution in [2.45, 2.75) is 18.0 Å². The maximum atomic E-state index is 5.88. The van der Waals surface area contributed by atoms with E-state index in [1.807, 2.05) is 19.1 Å². The average molecular weight is 203 g/mol. The van der Waals surface area contributed by atoms with E-state index in [-0.39, 0.29) is 6.04 Å². The number of hydrogen-bond donors (Lipinski definition) is 1. The predicted molar refractivity (Wildman–Crippen MR) is 53.6 cm³/mol. The van der Waals surface area contributed by atoms with Crippen molar-refractivity contribution < 1.29 is 0 Å². The van der Waals surface area contributed by atoms with Gasteiger partial charge in [0.15, 0.2) is 0 Å². The minimum absolute atomic E-state index is 0.174. The molecule has 4 heteroatoms. The Morgan fingerprint density at radius 1 is 1.75 bits per heavy atom. The van der Waals surface area contributed by atoms with Crippen LogP contribution in [0.25, 0.3) is 0 Å². The molecule has 0 saturated heterocycles. The Morgan fingerprint density at radius 3 is 3.08 bits per heavy atom. The Kier molecular flexibility index (Phi) is 3.85. The van der Waals surface area contributed by atoms with E-state index in [1.54, 1.807) is 18.0 Å². The van der Waals surface area contributed by atoms with Gasteiger partial charge in [-0.2, -0.15) is 0 Å². The lowest BCUT2D eigenvalue weighted by Crippen LogP contribution is -2.17. The number of pyridine rings is 1. The molecule has 12 heavy (non-hydrogen) atoms. The molecule has 1 heterocycles.